The van der Waals surface area contributed by atoms with Gasteiger partial charge in [0.2, 0.25) is 0 Å². The van der Waals surface area contributed by atoms with E-state index in [-0.39, 0.29) is 0 Å². The maximum Gasteiger partial charge on any atom is 0.124 e. The van der Waals surface area contributed by atoms with Crippen LogP contribution in [-0.4, -0.2) is 22.0 Å². The molecule has 1 aromatic heterocycles. The van der Waals surface area contributed by atoms with Crippen LogP contribution in [0, 0.1) is 0 Å². The zero-order valence-electron chi connectivity index (χ0n) is 11.9. The summed E-state index contributed by atoms with van der Waals surface area (Å²) in [5, 5.41) is 15.4. The summed E-state index contributed by atoms with van der Waals surface area (Å²) in [4.78, 5) is 0. The van der Waals surface area contributed by atoms with Gasteiger partial charge in [0, 0.05) is 19.0 Å². The molecule has 108 valence electrons. The third-order valence-corrected chi connectivity index (χ3v) is 3.82. The van der Waals surface area contributed by atoms with E-state index >= 15 is 0 Å². The van der Waals surface area contributed by atoms with Crippen LogP contribution in [0.15, 0.2) is 24.3 Å². The van der Waals surface area contributed by atoms with Gasteiger partial charge in [-0.15, -0.1) is 0 Å². The van der Waals surface area contributed by atoms with Gasteiger partial charge < -0.3 is 9.84 Å². The topological polar surface area (TPSA) is 47.3 Å². The first-order valence-corrected chi connectivity index (χ1v) is 6.97. The summed E-state index contributed by atoms with van der Waals surface area (Å²) in [7, 11) is 3.44. The molecular formula is C15H19ClN2O2. The van der Waals surface area contributed by atoms with Crippen molar-refractivity contribution in [3.63, 3.8) is 0 Å². The molecule has 2 aromatic rings. The molecule has 0 fully saturated rings. The molecule has 0 aliphatic heterocycles. The average Bonchev–Trinajstić information content (AvgIpc) is 2.74. The number of nitrogens with zero attached hydrogens (tertiary/aromatic N) is 2. The Morgan fingerprint density at radius 1 is 1.40 bits per heavy atom. The predicted octanol–water partition coefficient (Wildman–Crippen LogP) is 2.92. The lowest BCUT2D eigenvalue weighted by molar-refractivity contribution is 0.171. The lowest BCUT2D eigenvalue weighted by atomic mass is 10.0. The van der Waals surface area contributed by atoms with Gasteiger partial charge in [-0.2, -0.15) is 5.10 Å². The van der Waals surface area contributed by atoms with Gasteiger partial charge in [0.05, 0.1) is 29.6 Å². The quantitative estimate of drug-likeness (QED) is 0.922. The van der Waals surface area contributed by atoms with Crippen molar-refractivity contribution in [2.24, 2.45) is 7.05 Å². The van der Waals surface area contributed by atoms with Crippen LogP contribution in [0.5, 0.6) is 5.75 Å². The molecule has 0 saturated heterocycles. The van der Waals surface area contributed by atoms with Crippen LogP contribution in [0.1, 0.15) is 30.0 Å². The monoisotopic (exact) mass is 294 g/mol. The summed E-state index contributed by atoms with van der Waals surface area (Å²) in [5.74, 6) is 0.675. The number of rotatable bonds is 5. The molecule has 2 rings (SSSR count). The first-order chi connectivity index (χ1) is 9.58. The highest BCUT2D eigenvalue weighted by atomic mass is 35.5. The first kappa shape index (κ1) is 14.9. The molecule has 4 nitrogen and oxygen atoms in total. The molecule has 0 radical (unpaired) electrons. The number of aliphatic hydroxyl groups excluding tert-OH is 1. The van der Waals surface area contributed by atoms with Crippen molar-refractivity contribution in [1.29, 1.82) is 0 Å². The number of aliphatic hydroxyl groups is 1. The average molecular weight is 295 g/mol. The number of aryl methyl sites for hydroxylation is 2. The highest BCUT2D eigenvalue weighted by molar-refractivity contribution is 6.31. The van der Waals surface area contributed by atoms with E-state index in [4.69, 9.17) is 16.3 Å². The van der Waals surface area contributed by atoms with Crippen LogP contribution >= 0.6 is 11.6 Å². The van der Waals surface area contributed by atoms with Crippen molar-refractivity contribution < 1.29 is 9.84 Å². The Labute approximate surface area is 123 Å². The molecule has 20 heavy (non-hydrogen) atoms. The van der Waals surface area contributed by atoms with Crippen LogP contribution in [0.4, 0.5) is 0 Å². The maximum atomic E-state index is 10.4. The van der Waals surface area contributed by atoms with E-state index in [9.17, 15) is 5.11 Å². The first-order valence-electron chi connectivity index (χ1n) is 6.59. The van der Waals surface area contributed by atoms with E-state index < -0.39 is 6.10 Å². The van der Waals surface area contributed by atoms with Gasteiger partial charge in [-0.05, 0) is 12.5 Å². The van der Waals surface area contributed by atoms with Crippen molar-refractivity contribution >= 4 is 11.6 Å². The molecule has 0 bridgehead atoms. The zero-order chi connectivity index (χ0) is 14.7. The Morgan fingerprint density at radius 2 is 2.10 bits per heavy atom. The second-order valence-electron chi connectivity index (χ2n) is 4.65. The molecule has 1 N–H and O–H groups in total. The van der Waals surface area contributed by atoms with E-state index in [1.165, 1.54) is 0 Å². The normalized spacial score (nSPS) is 12.4. The summed E-state index contributed by atoms with van der Waals surface area (Å²) in [6, 6.07) is 7.44. The Hall–Kier alpha value is -1.52. The summed E-state index contributed by atoms with van der Waals surface area (Å²) >= 11 is 6.31. The molecular weight excluding hydrogens is 276 g/mol. The lowest BCUT2D eigenvalue weighted by Gasteiger charge is -2.15. The van der Waals surface area contributed by atoms with Crippen LogP contribution in [-0.2, 0) is 19.9 Å². The van der Waals surface area contributed by atoms with Crippen molar-refractivity contribution in [1.82, 2.24) is 9.78 Å². The lowest BCUT2D eigenvalue weighted by Crippen LogP contribution is -2.08. The van der Waals surface area contributed by atoms with Crippen LogP contribution in [0.3, 0.4) is 0 Å². The summed E-state index contributed by atoms with van der Waals surface area (Å²) < 4.78 is 7.01. The predicted molar refractivity (Wildman–Crippen MR) is 79.3 cm³/mol. The number of aromatic nitrogens is 2. The molecule has 0 saturated carbocycles. The number of ether oxygens (including phenoxy) is 1. The molecule has 0 spiro atoms. The maximum absolute atomic E-state index is 10.4. The van der Waals surface area contributed by atoms with Crippen LogP contribution in [0.25, 0.3) is 0 Å². The van der Waals surface area contributed by atoms with Gasteiger partial charge in [0.25, 0.3) is 0 Å². The highest BCUT2D eigenvalue weighted by Crippen LogP contribution is 2.30. The molecule has 0 amide bonds. The second-order valence-corrected chi connectivity index (χ2v) is 5.02. The van der Waals surface area contributed by atoms with Gasteiger partial charge in [0.15, 0.2) is 0 Å². The molecule has 1 heterocycles. The summed E-state index contributed by atoms with van der Waals surface area (Å²) in [5.41, 5.74) is 2.45. The number of para-hydroxylation sites is 1. The van der Waals surface area contributed by atoms with Gasteiger partial charge in [-0.25, -0.2) is 0 Å². The Morgan fingerprint density at radius 3 is 2.70 bits per heavy atom. The molecule has 1 aromatic carbocycles. The fraction of sp³-hybridized carbons (Fsp3) is 0.400. The van der Waals surface area contributed by atoms with E-state index in [1.807, 2.05) is 38.2 Å². The second kappa shape index (κ2) is 6.29. The van der Waals surface area contributed by atoms with Crippen LogP contribution in [0.2, 0.25) is 5.02 Å². The largest absolute Gasteiger partial charge is 0.496 e. The number of benzene rings is 1. The minimum absolute atomic E-state index is 0.405. The Kier molecular flexibility index (Phi) is 4.68. The molecule has 0 aliphatic carbocycles. The molecule has 1 atom stereocenters. The minimum Gasteiger partial charge on any atom is -0.496 e. The SMILES string of the molecule is CCc1nn(C)c(CC(O)c2ccccc2OC)c1Cl. The van der Waals surface area contributed by atoms with Gasteiger partial charge in [-0.1, -0.05) is 36.7 Å². The fourth-order valence-corrected chi connectivity index (χ4v) is 2.65. The molecule has 5 heteroatoms. The van der Waals surface area contributed by atoms with Crippen molar-refractivity contribution in [2.75, 3.05) is 7.11 Å². The number of hydrogen-bond acceptors (Lipinski definition) is 3. The fourth-order valence-electron chi connectivity index (χ4n) is 2.28. The summed E-state index contributed by atoms with van der Waals surface area (Å²) in [6.07, 6.45) is 0.504. The Bertz CT molecular complexity index is 596. The molecule has 1 unspecified atom stereocenters. The van der Waals surface area contributed by atoms with E-state index in [0.29, 0.717) is 17.2 Å². The van der Waals surface area contributed by atoms with Gasteiger partial charge in [-0.3, -0.25) is 4.68 Å². The third kappa shape index (κ3) is 2.81. The van der Waals surface area contributed by atoms with Crippen LogP contribution < -0.4 is 4.74 Å². The standard InChI is InChI=1S/C15H19ClN2O2/c1-4-11-15(16)12(18(2)17-11)9-13(19)10-7-5-6-8-14(10)20-3/h5-8,13,19H,4,9H2,1-3H3. The van der Waals surface area contributed by atoms with Crippen molar-refractivity contribution in [2.45, 2.75) is 25.9 Å². The number of hydrogen-bond donors (Lipinski definition) is 1. The highest BCUT2D eigenvalue weighted by Gasteiger charge is 2.19. The van der Waals surface area contributed by atoms with Gasteiger partial charge in [0.1, 0.15) is 5.75 Å². The van der Waals surface area contributed by atoms with E-state index in [1.54, 1.807) is 11.8 Å². The molecule has 0 aliphatic rings. The Balaban J connectivity index is 2.28. The van der Waals surface area contributed by atoms with E-state index in [2.05, 4.69) is 5.10 Å². The number of methoxy groups -OCH3 is 1. The summed E-state index contributed by atoms with van der Waals surface area (Å²) in [6.45, 7) is 2.01. The van der Waals surface area contributed by atoms with Crippen molar-refractivity contribution in [3.8, 4) is 5.75 Å². The van der Waals surface area contributed by atoms with Gasteiger partial charge >= 0.3 is 0 Å². The third-order valence-electron chi connectivity index (χ3n) is 3.39. The smallest absolute Gasteiger partial charge is 0.124 e. The van der Waals surface area contributed by atoms with E-state index in [0.717, 1.165) is 23.4 Å². The minimum atomic E-state index is -0.677. The zero-order valence-corrected chi connectivity index (χ0v) is 12.7. The van der Waals surface area contributed by atoms with Crippen molar-refractivity contribution in [3.05, 3.63) is 46.2 Å². The number of halogens is 1.